The number of aryl methyl sites for hydroxylation is 1. The van der Waals surface area contributed by atoms with Crippen LogP contribution in [0.3, 0.4) is 0 Å². The third-order valence-corrected chi connectivity index (χ3v) is 8.20. The topological polar surface area (TPSA) is 80.5 Å². The molecule has 0 radical (unpaired) electrons. The van der Waals surface area contributed by atoms with Gasteiger partial charge in [-0.3, -0.25) is 0 Å². The standard InChI is InChI=1S/C26H23N5O2S/c1-3-18-12-14-20(15-13-18)34(32,33)26-25-27-24(21-9-5-7-11-23(21)31(25)29-28-26)30-17(2)16-19-8-4-6-10-22(19)30/h4-15,17H,3,16H2,1-2H3/t17-/m1/s1. The lowest BCUT2D eigenvalue weighted by Crippen LogP contribution is -2.25. The zero-order chi connectivity index (χ0) is 23.4. The molecule has 0 saturated carbocycles. The van der Waals surface area contributed by atoms with E-state index >= 15 is 0 Å². The number of aromatic nitrogens is 4. The summed E-state index contributed by atoms with van der Waals surface area (Å²) in [5, 5.41) is 9.07. The van der Waals surface area contributed by atoms with E-state index in [9.17, 15) is 8.42 Å². The van der Waals surface area contributed by atoms with Crippen molar-refractivity contribution in [1.82, 2.24) is 19.8 Å². The average Bonchev–Trinajstić information content (AvgIpc) is 3.44. The quantitative estimate of drug-likeness (QED) is 0.378. The molecule has 0 amide bonds. The summed E-state index contributed by atoms with van der Waals surface area (Å²) in [5.74, 6) is 0.709. The van der Waals surface area contributed by atoms with Gasteiger partial charge < -0.3 is 4.90 Å². The van der Waals surface area contributed by atoms with Crippen LogP contribution in [-0.2, 0) is 22.7 Å². The molecule has 1 atom stereocenters. The molecule has 170 valence electrons. The summed E-state index contributed by atoms with van der Waals surface area (Å²) in [6.07, 6.45) is 1.73. The molecule has 0 N–H and O–H groups in total. The lowest BCUT2D eigenvalue weighted by Gasteiger charge is -2.25. The zero-order valence-corrected chi connectivity index (χ0v) is 19.7. The SMILES string of the molecule is CCc1ccc(S(=O)(=O)c2nnn3c2nc(N2c4ccccc4C[C@H]2C)c2ccccc23)cc1. The van der Waals surface area contributed by atoms with Gasteiger partial charge in [-0.15, -0.1) is 5.10 Å². The largest absolute Gasteiger partial charge is 0.322 e. The maximum atomic E-state index is 13.6. The van der Waals surface area contributed by atoms with Crippen LogP contribution in [0.4, 0.5) is 11.5 Å². The Kier molecular flexibility index (Phi) is 4.67. The van der Waals surface area contributed by atoms with Gasteiger partial charge in [0.05, 0.1) is 10.4 Å². The van der Waals surface area contributed by atoms with Crippen LogP contribution in [0.1, 0.15) is 25.0 Å². The summed E-state index contributed by atoms with van der Waals surface area (Å²) >= 11 is 0. The molecule has 0 spiro atoms. The Balaban J connectivity index is 1.61. The van der Waals surface area contributed by atoms with Crippen LogP contribution >= 0.6 is 0 Å². The molecule has 0 fully saturated rings. The molecule has 2 aromatic heterocycles. The number of nitrogens with zero attached hydrogens (tertiary/aromatic N) is 5. The maximum Gasteiger partial charge on any atom is 0.229 e. The van der Waals surface area contributed by atoms with E-state index in [2.05, 4.69) is 34.3 Å². The highest BCUT2D eigenvalue weighted by atomic mass is 32.2. The molecule has 0 aliphatic carbocycles. The molecule has 5 aromatic rings. The van der Waals surface area contributed by atoms with E-state index in [4.69, 9.17) is 4.98 Å². The second-order valence-corrected chi connectivity index (χ2v) is 10.5. The summed E-state index contributed by atoms with van der Waals surface area (Å²) in [4.78, 5) is 7.28. The number of benzene rings is 3. The molecule has 3 aromatic carbocycles. The molecule has 34 heavy (non-hydrogen) atoms. The predicted octanol–water partition coefficient (Wildman–Crippen LogP) is 4.76. The fourth-order valence-corrected chi connectivity index (χ4v) is 6.02. The monoisotopic (exact) mass is 469 g/mol. The number of rotatable bonds is 4. The van der Waals surface area contributed by atoms with Crippen LogP contribution < -0.4 is 4.90 Å². The summed E-state index contributed by atoms with van der Waals surface area (Å²) in [6, 6.07) is 23.1. The zero-order valence-electron chi connectivity index (χ0n) is 18.9. The lowest BCUT2D eigenvalue weighted by molar-refractivity contribution is 0.592. The Morgan fingerprint density at radius 2 is 1.71 bits per heavy atom. The molecular formula is C26H23N5O2S. The van der Waals surface area contributed by atoms with Crippen molar-refractivity contribution >= 4 is 37.9 Å². The smallest absolute Gasteiger partial charge is 0.229 e. The van der Waals surface area contributed by atoms with Gasteiger partial charge in [-0.2, -0.15) is 4.52 Å². The molecule has 8 heteroatoms. The minimum atomic E-state index is -3.91. The Hall–Kier alpha value is -3.78. The molecule has 7 nitrogen and oxygen atoms in total. The van der Waals surface area contributed by atoms with Crippen molar-refractivity contribution in [2.45, 2.75) is 42.7 Å². The van der Waals surface area contributed by atoms with E-state index in [0.717, 1.165) is 35.0 Å². The van der Waals surface area contributed by atoms with Gasteiger partial charge in [0.2, 0.25) is 14.9 Å². The number of para-hydroxylation sites is 2. The van der Waals surface area contributed by atoms with Gasteiger partial charge in [0.1, 0.15) is 5.82 Å². The van der Waals surface area contributed by atoms with Crippen LogP contribution in [0.5, 0.6) is 0 Å². The van der Waals surface area contributed by atoms with Crippen molar-refractivity contribution in [2.75, 3.05) is 4.90 Å². The van der Waals surface area contributed by atoms with E-state index in [0.29, 0.717) is 5.82 Å². The van der Waals surface area contributed by atoms with Gasteiger partial charge in [-0.1, -0.05) is 54.6 Å². The third-order valence-electron chi connectivity index (χ3n) is 6.53. The first kappa shape index (κ1) is 20.8. The van der Waals surface area contributed by atoms with Crippen LogP contribution in [0.25, 0.3) is 16.6 Å². The van der Waals surface area contributed by atoms with E-state index in [-0.39, 0.29) is 21.6 Å². The Morgan fingerprint density at radius 3 is 2.50 bits per heavy atom. The highest BCUT2D eigenvalue weighted by Gasteiger charge is 2.32. The fourth-order valence-electron chi connectivity index (χ4n) is 4.79. The third kappa shape index (κ3) is 3.02. The summed E-state index contributed by atoms with van der Waals surface area (Å²) in [6.45, 7) is 4.19. The van der Waals surface area contributed by atoms with Gasteiger partial charge >= 0.3 is 0 Å². The number of sulfone groups is 1. The van der Waals surface area contributed by atoms with Crippen molar-refractivity contribution in [2.24, 2.45) is 0 Å². The van der Waals surface area contributed by atoms with Crippen molar-refractivity contribution in [3.63, 3.8) is 0 Å². The summed E-state index contributed by atoms with van der Waals surface area (Å²) < 4.78 is 28.7. The number of hydrogen-bond acceptors (Lipinski definition) is 6. The minimum Gasteiger partial charge on any atom is -0.322 e. The second kappa shape index (κ2) is 7.63. The number of anilines is 2. The van der Waals surface area contributed by atoms with Gasteiger partial charge in [0, 0.05) is 17.1 Å². The van der Waals surface area contributed by atoms with E-state index in [1.807, 2.05) is 55.5 Å². The van der Waals surface area contributed by atoms with Crippen molar-refractivity contribution in [3.05, 3.63) is 83.9 Å². The van der Waals surface area contributed by atoms with E-state index < -0.39 is 9.84 Å². The first-order valence-corrected chi connectivity index (χ1v) is 12.8. The van der Waals surface area contributed by atoms with E-state index in [1.54, 1.807) is 12.1 Å². The maximum absolute atomic E-state index is 13.6. The molecule has 1 aliphatic heterocycles. The molecule has 1 aliphatic rings. The Bertz CT molecular complexity index is 1660. The lowest BCUT2D eigenvalue weighted by atomic mass is 10.1. The number of hydrogen-bond donors (Lipinski definition) is 0. The molecule has 6 rings (SSSR count). The normalized spacial score (nSPS) is 15.8. The van der Waals surface area contributed by atoms with Crippen LogP contribution in [0.2, 0.25) is 0 Å². The van der Waals surface area contributed by atoms with Crippen molar-refractivity contribution in [1.29, 1.82) is 0 Å². The summed E-state index contributed by atoms with van der Waals surface area (Å²) in [7, 11) is -3.91. The van der Waals surface area contributed by atoms with Gasteiger partial charge in [0.25, 0.3) is 0 Å². The molecule has 3 heterocycles. The first-order chi connectivity index (χ1) is 16.5. The van der Waals surface area contributed by atoms with Crippen molar-refractivity contribution in [3.8, 4) is 0 Å². The molecule has 0 bridgehead atoms. The van der Waals surface area contributed by atoms with Crippen LogP contribution in [0, 0.1) is 0 Å². The van der Waals surface area contributed by atoms with Crippen molar-refractivity contribution < 1.29 is 8.42 Å². The van der Waals surface area contributed by atoms with Gasteiger partial charge in [0.15, 0.2) is 5.65 Å². The Morgan fingerprint density at radius 1 is 0.971 bits per heavy atom. The van der Waals surface area contributed by atoms with Gasteiger partial charge in [-0.05, 0) is 61.2 Å². The van der Waals surface area contributed by atoms with Gasteiger partial charge in [-0.25, -0.2) is 13.4 Å². The molecule has 0 unspecified atom stereocenters. The van der Waals surface area contributed by atoms with Crippen LogP contribution in [0.15, 0.2) is 82.7 Å². The number of fused-ring (bicyclic) bond motifs is 4. The van der Waals surface area contributed by atoms with Crippen LogP contribution in [-0.4, -0.2) is 34.3 Å². The summed E-state index contributed by atoms with van der Waals surface area (Å²) in [5.41, 5.74) is 4.39. The second-order valence-electron chi connectivity index (χ2n) is 8.64. The molecular weight excluding hydrogens is 446 g/mol. The highest BCUT2D eigenvalue weighted by Crippen LogP contribution is 2.40. The first-order valence-electron chi connectivity index (χ1n) is 11.3. The fraction of sp³-hybridized carbons (Fsp3) is 0.192. The highest BCUT2D eigenvalue weighted by molar-refractivity contribution is 7.91. The van der Waals surface area contributed by atoms with E-state index in [1.165, 1.54) is 10.1 Å². The molecule has 0 saturated heterocycles. The minimum absolute atomic E-state index is 0.135. The Labute approximate surface area is 197 Å². The predicted molar refractivity (Wildman–Crippen MR) is 131 cm³/mol. The average molecular weight is 470 g/mol.